The summed E-state index contributed by atoms with van der Waals surface area (Å²) < 4.78 is 45.3. The van der Waals surface area contributed by atoms with Crippen molar-refractivity contribution in [1.29, 1.82) is 0 Å². The van der Waals surface area contributed by atoms with Gasteiger partial charge in [0.15, 0.2) is 5.66 Å². The van der Waals surface area contributed by atoms with Crippen molar-refractivity contribution in [2.24, 2.45) is 4.99 Å². The maximum Gasteiger partial charge on any atom is 0.416 e. The molecule has 2 aromatic carbocycles. The lowest BCUT2D eigenvalue weighted by molar-refractivity contribution is -0.137. The summed E-state index contributed by atoms with van der Waals surface area (Å²) in [4.78, 5) is 32.0. The van der Waals surface area contributed by atoms with Crippen molar-refractivity contribution in [3.05, 3.63) is 64.1 Å². The molecule has 1 saturated heterocycles. The highest BCUT2D eigenvalue weighted by molar-refractivity contribution is 9.10. The smallest absolute Gasteiger partial charge is 0.377 e. The first-order valence-electron chi connectivity index (χ1n) is 9.91. The van der Waals surface area contributed by atoms with Gasteiger partial charge in [0.05, 0.1) is 12.2 Å². The molecule has 0 radical (unpaired) electrons. The largest absolute Gasteiger partial charge is 0.416 e. The van der Waals surface area contributed by atoms with E-state index in [2.05, 4.69) is 26.2 Å². The molecule has 1 atom stereocenters. The van der Waals surface area contributed by atoms with Crippen LogP contribution in [0.2, 0.25) is 0 Å². The van der Waals surface area contributed by atoms with Crippen LogP contribution in [0.25, 0.3) is 0 Å². The number of anilines is 1. The van der Waals surface area contributed by atoms with Crippen molar-refractivity contribution in [2.75, 3.05) is 25.1 Å². The monoisotopic (exact) mass is 509 g/mol. The summed E-state index contributed by atoms with van der Waals surface area (Å²) in [7, 11) is 0. The maximum absolute atomic E-state index is 13.2. The minimum atomic E-state index is -4.53. The number of amides is 2. The lowest BCUT2D eigenvalue weighted by Crippen LogP contribution is -2.54. The fourth-order valence-corrected chi connectivity index (χ4v) is 4.10. The SMILES string of the molecule is O=C(CN1C(=O)C(c2ccc(Br)cc2)=NC12CCCOC2)Nc1cccc(C(F)(F)F)c1. The number of hydrogen-bond acceptors (Lipinski definition) is 4. The van der Waals surface area contributed by atoms with E-state index in [1.165, 1.54) is 17.0 Å². The number of halogens is 4. The Morgan fingerprint density at radius 1 is 1.22 bits per heavy atom. The van der Waals surface area contributed by atoms with Crippen molar-refractivity contribution < 1.29 is 27.5 Å². The number of ether oxygens (including phenoxy) is 1. The Kier molecular flexibility index (Phi) is 6.09. The Hall–Kier alpha value is -2.72. The molecule has 4 rings (SSSR count). The lowest BCUT2D eigenvalue weighted by Gasteiger charge is -2.38. The second-order valence-corrected chi connectivity index (χ2v) is 8.54. The van der Waals surface area contributed by atoms with E-state index in [0.29, 0.717) is 25.0 Å². The highest BCUT2D eigenvalue weighted by Gasteiger charge is 2.49. The highest BCUT2D eigenvalue weighted by atomic mass is 79.9. The zero-order valence-corrected chi connectivity index (χ0v) is 18.4. The third-order valence-corrected chi connectivity index (χ3v) is 5.89. The summed E-state index contributed by atoms with van der Waals surface area (Å²) in [5, 5.41) is 2.46. The molecule has 168 valence electrons. The molecule has 1 spiro atoms. The average molecular weight is 510 g/mol. The van der Waals surface area contributed by atoms with Crippen LogP contribution >= 0.6 is 15.9 Å². The van der Waals surface area contributed by atoms with Crippen LogP contribution in [0.5, 0.6) is 0 Å². The van der Waals surface area contributed by atoms with E-state index in [4.69, 9.17) is 4.74 Å². The molecule has 32 heavy (non-hydrogen) atoms. The van der Waals surface area contributed by atoms with E-state index in [0.717, 1.165) is 16.6 Å². The standard InChI is InChI=1S/C22H19BrF3N3O3/c23-16-7-5-14(6-8-16)19-20(31)29(21(28-19)9-2-10-32-13-21)12-18(30)27-17-4-1-3-15(11-17)22(24,25)26/h1,3-8,11H,2,9-10,12-13H2,(H,27,30). The number of carbonyl (C=O) groups excluding carboxylic acids is 2. The Morgan fingerprint density at radius 3 is 2.62 bits per heavy atom. The van der Waals surface area contributed by atoms with Crippen LogP contribution in [0.15, 0.2) is 58.0 Å². The van der Waals surface area contributed by atoms with Crippen LogP contribution in [0, 0.1) is 0 Å². The fourth-order valence-electron chi connectivity index (χ4n) is 3.83. The summed E-state index contributed by atoms with van der Waals surface area (Å²) >= 11 is 3.35. The molecule has 0 saturated carbocycles. The van der Waals surface area contributed by atoms with Crippen LogP contribution in [-0.2, 0) is 20.5 Å². The predicted octanol–water partition coefficient (Wildman–Crippen LogP) is 4.24. The normalized spacial score (nSPS) is 21.1. The van der Waals surface area contributed by atoms with Gasteiger partial charge in [-0.15, -0.1) is 0 Å². The van der Waals surface area contributed by atoms with Gasteiger partial charge in [0.2, 0.25) is 5.91 Å². The van der Waals surface area contributed by atoms with Gasteiger partial charge in [-0.1, -0.05) is 34.1 Å². The number of carbonyl (C=O) groups is 2. The molecule has 2 amide bonds. The Bertz CT molecular complexity index is 1060. The third kappa shape index (κ3) is 4.56. The third-order valence-electron chi connectivity index (χ3n) is 5.36. The van der Waals surface area contributed by atoms with Gasteiger partial charge >= 0.3 is 6.18 Å². The number of nitrogens with one attached hydrogen (secondary N) is 1. The molecule has 0 aliphatic carbocycles. The molecule has 0 bridgehead atoms. The first-order valence-corrected chi connectivity index (χ1v) is 10.7. The van der Waals surface area contributed by atoms with Gasteiger partial charge in [0.25, 0.3) is 5.91 Å². The summed E-state index contributed by atoms with van der Waals surface area (Å²) in [6.07, 6.45) is -3.34. The Morgan fingerprint density at radius 2 is 1.97 bits per heavy atom. The zero-order chi connectivity index (χ0) is 22.9. The first-order chi connectivity index (χ1) is 15.2. The van der Waals surface area contributed by atoms with Crippen LogP contribution in [0.4, 0.5) is 18.9 Å². The van der Waals surface area contributed by atoms with Crippen molar-refractivity contribution >= 4 is 39.1 Å². The van der Waals surface area contributed by atoms with Crippen molar-refractivity contribution in [3.8, 4) is 0 Å². The van der Waals surface area contributed by atoms with E-state index in [1.54, 1.807) is 24.3 Å². The number of hydrogen-bond donors (Lipinski definition) is 1. The summed E-state index contributed by atoms with van der Waals surface area (Å²) in [5.74, 6) is -1.04. The first kappa shape index (κ1) is 22.5. The van der Waals surface area contributed by atoms with Gasteiger partial charge in [-0.25, -0.2) is 4.99 Å². The molecule has 10 heteroatoms. The average Bonchev–Trinajstić information content (AvgIpc) is 3.00. The quantitative estimate of drug-likeness (QED) is 0.669. The number of alkyl halides is 3. The van der Waals surface area contributed by atoms with E-state index in [1.807, 2.05) is 0 Å². The van der Waals surface area contributed by atoms with E-state index >= 15 is 0 Å². The van der Waals surface area contributed by atoms with Crippen molar-refractivity contribution in [3.63, 3.8) is 0 Å². The van der Waals surface area contributed by atoms with Crippen molar-refractivity contribution in [2.45, 2.75) is 24.7 Å². The van der Waals surface area contributed by atoms with Crippen LogP contribution in [-0.4, -0.2) is 47.8 Å². The molecule has 0 aromatic heterocycles. The van der Waals surface area contributed by atoms with Gasteiger partial charge in [-0.2, -0.15) is 13.2 Å². The molecule has 6 nitrogen and oxygen atoms in total. The number of aliphatic imine (C=N–C) groups is 1. The highest BCUT2D eigenvalue weighted by Crippen LogP contribution is 2.35. The molecule has 2 aliphatic rings. The molecule has 1 N–H and O–H groups in total. The molecule has 2 aliphatic heterocycles. The van der Waals surface area contributed by atoms with Crippen molar-refractivity contribution in [1.82, 2.24) is 4.90 Å². The number of benzene rings is 2. The van der Waals surface area contributed by atoms with Gasteiger partial charge in [-0.3, -0.25) is 9.59 Å². The topological polar surface area (TPSA) is 71.0 Å². The zero-order valence-electron chi connectivity index (χ0n) is 16.8. The summed E-state index contributed by atoms with van der Waals surface area (Å²) in [6.45, 7) is 0.320. The Balaban J connectivity index is 1.56. The van der Waals surface area contributed by atoms with Crippen LogP contribution in [0.3, 0.4) is 0 Å². The molecular weight excluding hydrogens is 491 g/mol. The molecule has 2 heterocycles. The summed E-state index contributed by atoms with van der Waals surface area (Å²) in [5.41, 5.74) is -1.04. The van der Waals surface area contributed by atoms with Crippen LogP contribution < -0.4 is 5.32 Å². The predicted molar refractivity (Wildman–Crippen MR) is 115 cm³/mol. The maximum atomic E-state index is 13.2. The van der Waals surface area contributed by atoms with E-state index in [-0.39, 0.29) is 24.6 Å². The Labute approximate surface area is 190 Å². The van der Waals surface area contributed by atoms with Gasteiger partial charge in [0.1, 0.15) is 12.3 Å². The molecule has 2 aromatic rings. The van der Waals surface area contributed by atoms with Crippen LogP contribution in [0.1, 0.15) is 24.0 Å². The minimum Gasteiger partial charge on any atom is -0.377 e. The summed E-state index contributed by atoms with van der Waals surface area (Å²) in [6, 6.07) is 11.4. The number of nitrogens with zero attached hydrogens (tertiary/aromatic N) is 2. The van der Waals surface area contributed by atoms with E-state index in [9.17, 15) is 22.8 Å². The fraction of sp³-hybridized carbons (Fsp3) is 0.318. The molecule has 1 fully saturated rings. The minimum absolute atomic E-state index is 0.000494. The van der Waals surface area contributed by atoms with Gasteiger partial charge < -0.3 is 15.0 Å². The molecular formula is C22H19BrF3N3O3. The van der Waals surface area contributed by atoms with Gasteiger partial charge in [0, 0.05) is 22.3 Å². The second kappa shape index (κ2) is 8.67. The number of rotatable bonds is 4. The lowest BCUT2D eigenvalue weighted by atomic mass is 10.0. The second-order valence-electron chi connectivity index (χ2n) is 7.62. The van der Waals surface area contributed by atoms with Gasteiger partial charge in [-0.05, 0) is 43.2 Å². The van der Waals surface area contributed by atoms with E-state index < -0.39 is 29.2 Å². The molecule has 1 unspecified atom stereocenters.